The Kier molecular flexibility index (Phi) is 6.45. The second-order valence-electron chi connectivity index (χ2n) is 1.46. The number of halogens is 2. The number of rotatable bonds is 2. The Balaban J connectivity index is 0. The molecular formula is C6H13F2NO. The molecule has 0 fully saturated rings. The zero-order valence-corrected chi connectivity index (χ0v) is 6.45. The summed E-state index contributed by atoms with van der Waals surface area (Å²) in [7, 11) is 0. The van der Waals surface area contributed by atoms with Crippen LogP contribution in [-0.2, 0) is 4.79 Å². The zero-order chi connectivity index (χ0) is 8.78. The summed E-state index contributed by atoms with van der Waals surface area (Å²) >= 11 is 0. The molecule has 0 aromatic rings. The molecule has 0 unspecified atom stereocenters. The Morgan fingerprint density at radius 3 is 1.80 bits per heavy atom. The monoisotopic (exact) mass is 153 g/mol. The van der Waals surface area contributed by atoms with Crippen molar-refractivity contribution in [3.8, 4) is 0 Å². The lowest BCUT2D eigenvalue weighted by atomic mass is 10.2. The zero-order valence-electron chi connectivity index (χ0n) is 6.45. The summed E-state index contributed by atoms with van der Waals surface area (Å²) < 4.78 is 23.6. The lowest BCUT2D eigenvalue weighted by Crippen LogP contribution is -2.34. The molecular weight excluding hydrogens is 140 g/mol. The average Bonchev–Trinajstić information content (AvgIpc) is 1.92. The number of carbonyl (C=O) groups excluding carboxylic acids is 1. The summed E-state index contributed by atoms with van der Waals surface area (Å²) in [6.45, 7) is 3.91. The first-order chi connectivity index (χ1) is 4.50. The van der Waals surface area contributed by atoms with Gasteiger partial charge in [-0.3, -0.25) is 4.79 Å². The molecule has 0 heterocycles. The maximum atomic E-state index is 11.8. The highest BCUT2D eigenvalue weighted by Gasteiger charge is 2.32. The average molecular weight is 153 g/mol. The van der Waals surface area contributed by atoms with Gasteiger partial charge in [-0.15, -0.1) is 0 Å². The molecule has 0 aliphatic rings. The van der Waals surface area contributed by atoms with Crippen LogP contribution in [0.25, 0.3) is 0 Å². The lowest BCUT2D eigenvalue weighted by molar-refractivity contribution is -0.139. The molecule has 2 nitrogen and oxygen atoms in total. The van der Waals surface area contributed by atoms with E-state index in [1.54, 1.807) is 0 Å². The number of hydrogen-bond acceptors (Lipinski definition) is 2. The van der Waals surface area contributed by atoms with E-state index in [-0.39, 0.29) is 0 Å². The molecule has 0 aliphatic heterocycles. The van der Waals surface area contributed by atoms with E-state index in [1.165, 1.54) is 0 Å². The lowest BCUT2D eigenvalue weighted by Gasteiger charge is -2.06. The van der Waals surface area contributed by atoms with Crippen LogP contribution in [0.2, 0.25) is 0 Å². The van der Waals surface area contributed by atoms with Crippen LogP contribution >= 0.6 is 0 Å². The van der Waals surface area contributed by atoms with Crippen LogP contribution in [0.4, 0.5) is 8.78 Å². The summed E-state index contributed by atoms with van der Waals surface area (Å²) in [6.07, 6.45) is 0. The number of hydrogen-bond donors (Lipinski definition) is 1. The molecule has 0 aliphatic carbocycles. The highest BCUT2D eigenvalue weighted by atomic mass is 19.3. The van der Waals surface area contributed by atoms with Crippen molar-refractivity contribution < 1.29 is 13.6 Å². The molecule has 0 spiro atoms. The first kappa shape index (κ1) is 12.2. The van der Waals surface area contributed by atoms with Gasteiger partial charge in [0, 0.05) is 6.92 Å². The van der Waals surface area contributed by atoms with Gasteiger partial charge < -0.3 is 5.73 Å². The van der Waals surface area contributed by atoms with Crippen LogP contribution in [0.1, 0.15) is 20.8 Å². The third-order valence-electron chi connectivity index (χ3n) is 0.771. The number of alkyl halides is 2. The fourth-order valence-corrected chi connectivity index (χ4v) is 0.144. The first-order valence-corrected chi connectivity index (χ1v) is 3.09. The molecule has 0 aromatic heterocycles. The van der Waals surface area contributed by atoms with E-state index >= 15 is 0 Å². The minimum Gasteiger partial charge on any atom is -0.325 e. The maximum Gasteiger partial charge on any atom is 0.316 e. The molecule has 0 saturated carbocycles. The van der Waals surface area contributed by atoms with Crippen molar-refractivity contribution >= 4 is 5.78 Å². The standard InChI is InChI=1S/C4H7F2NO.C2H6/c1-3(8)4(5,6)2-7;1-2/h2,7H2,1H3;1-2H3. The Labute approximate surface area is 59.4 Å². The van der Waals surface area contributed by atoms with Crippen molar-refractivity contribution in [1.29, 1.82) is 0 Å². The van der Waals surface area contributed by atoms with E-state index in [2.05, 4.69) is 5.73 Å². The van der Waals surface area contributed by atoms with Gasteiger partial charge in [-0.25, -0.2) is 0 Å². The summed E-state index contributed by atoms with van der Waals surface area (Å²) in [5.41, 5.74) is 4.54. The van der Waals surface area contributed by atoms with Crippen LogP contribution in [0.15, 0.2) is 0 Å². The topological polar surface area (TPSA) is 43.1 Å². The molecule has 0 radical (unpaired) electrons. The quantitative estimate of drug-likeness (QED) is 0.647. The van der Waals surface area contributed by atoms with E-state index in [0.29, 0.717) is 0 Å². The Morgan fingerprint density at radius 1 is 1.50 bits per heavy atom. The van der Waals surface area contributed by atoms with Crippen molar-refractivity contribution in [2.24, 2.45) is 5.73 Å². The van der Waals surface area contributed by atoms with Crippen LogP contribution in [0, 0.1) is 0 Å². The molecule has 10 heavy (non-hydrogen) atoms. The molecule has 0 aromatic carbocycles. The van der Waals surface area contributed by atoms with Gasteiger partial charge in [0.15, 0.2) is 5.78 Å². The van der Waals surface area contributed by atoms with Gasteiger partial charge in [-0.05, 0) is 0 Å². The summed E-state index contributed by atoms with van der Waals surface area (Å²) in [6, 6.07) is 0. The van der Waals surface area contributed by atoms with Crippen LogP contribution in [0.5, 0.6) is 0 Å². The maximum absolute atomic E-state index is 11.8. The van der Waals surface area contributed by atoms with Gasteiger partial charge in [-0.2, -0.15) is 8.78 Å². The van der Waals surface area contributed by atoms with Crippen molar-refractivity contribution in [3.05, 3.63) is 0 Å². The van der Waals surface area contributed by atoms with Gasteiger partial charge in [0.2, 0.25) is 0 Å². The van der Waals surface area contributed by atoms with E-state index in [0.717, 1.165) is 6.92 Å². The van der Waals surface area contributed by atoms with Crippen LogP contribution < -0.4 is 5.73 Å². The van der Waals surface area contributed by atoms with E-state index in [4.69, 9.17) is 0 Å². The minimum atomic E-state index is -3.32. The Bertz CT molecular complexity index is 104. The van der Waals surface area contributed by atoms with E-state index < -0.39 is 18.3 Å². The molecule has 0 bridgehead atoms. The summed E-state index contributed by atoms with van der Waals surface area (Å²) in [5.74, 6) is -4.50. The largest absolute Gasteiger partial charge is 0.325 e. The summed E-state index contributed by atoms with van der Waals surface area (Å²) in [5, 5.41) is 0. The van der Waals surface area contributed by atoms with Gasteiger partial charge in [0.05, 0.1) is 6.54 Å². The SMILES string of the molecule is CC.CC(=O)C(F)(F)CN. The first-order valence-electron chi connectivity index (χ1n) is 3.09. The molecule has 0 saturated heterocycles. The van der Waals surface area contributed by atoms with Gasteiger partial charge in [0.1, 0.15) is 0 Å². The molecule has 0 amide bonds. The third-order valence-corrected chi connectivity index (χ3v) is 0.771. The third kappa shape index (κ3) is 4.38. The summed E-state index contributed by atoms with van der Waals surface area (Å²) in [4.78, 5) is 9.87. The Hall–Kier alpha value is -0.510. The van der Waals surface area contributed by atoms with Gasteiger partial charge in [-0.1, -0.05) is 13.8 Å². The highest BCUT2D eigenvalue weighted by Crippen LogP contribution is 2.10. The van der Waals surface area contributed by atoms with E-state index in [1.807, 2.05) is 13.8 Å². The molecule has 4 heteroatoms. The second-order valence-corrected chi connectivity index (χ2v) is 1.46. The normalized spacial score (nSPS) is 9.80. The second kappa shape index (κ2) is 5.29. The van der Waals surface area contributed by atoms with Gasteiger partial charge in [0.25, 0.3) is 0 Å². The molecule has 2 N–H and O–H groups in total. The number of carbonyl (C=O) groups is 1. The molecule has 62 valence electrons. The fraction of sp³-hybridized carbons (Fsp3) is 0.833. The van der Waals surface area contributed by atoms with Crippen LogP contribution in [-0.4, -0.2) is 18.3 Å². The predicted molar refractivity (Wildman–Crippen MR) is 36.0 cm³/mol. The van der Waals surface area contributed by atoms with Gasteiger partial charge >= 0.3 is 5.92 Å². The molecule has 0 rings (SSSR count). The highest BCUT2D eigenvalue weighted by molar-refractivity contribution is 5.83. The number of Topliss-reactive ketones (excluding diaryl/α,β-unsaturated/α-hetero) is 1. The van der Waals surface area contributed by atoms with Crippen LogP contribution in [0.3, 0.4) is 0 Å². The van der Waals surface area contributed by atoms with Crippen molar-refractivity contribution in [2.45, 2.75) is 26.7 Å². The van der Waals surface area contributed by atoms with Crippen molar-refractivity contribution in [1.82, 2.24) is 0 Å². The fourth-order valence-electron chi connectivity index (χ4n) is 0.144. The predicted octanol–water partition coefficient (Wildman–Crippen LogP) is 1.20. The minimum absolute atomic E-state index is 0.812. The van der Waals surface area contributed by atoms with Crippen molar-refractivity contribution in [3.63, 3.8) is 0 Å². The smallest absolute Gasteiger partial charge is 0.316 e. The van der Waals surface area contributed by atoms with Crippen molar-refractivity contribution in [2.75, 3.05) is 6.54 Å². The number of nitrogens with two attached hydrogens (primary N) is 1. The molecule has 0 atom stereocenters. The Morgan fingerprint density at radius 2 is 1.80 bits per heavy atom. The van der Waals surface area contributed by atoms with E-state index in [9.17, 15) is 13.6 Å². The number of ketones is 1.